The molecular formula is C40H66ClP. The summed E-state index contributed by atoms with van der Waals surface area (Å²) >= 11 is 0. The second-order valence-electron chi connectivity index (χ2n) is 12.9. The number of unbranched alkanes of at least 4 members (excludes halogenated alkanes) is 14. The summed E-state index contributed by atoms with van der Waals surface area (Å²) in [5.74, 6) is 0.622. The number of benzene rings is 2. The van der Waals surface area contributed by atoms with E-state index >= 15 is 0 Å². The summed E-state index contributed by atoms with van der Waals surface area (Å²) in [5, 5.41) is 0. The molecule has 2 aromatic carbocycles. The minimum atomic E-state index is -0.958. The predicted octanol–water partition coefficient (Wildman–Crippen LogP) is 10.3. The third-order valence-corrected chi connectivity index (χ3v) is 14.0. The molecule has 42 heavy (non-hydrogen) atoms. The molecule has 2 aromatic rings. The van der Waals surface area contributed by atoms with E-state index in [1.807, 2.05) is 0 Å². The molecule has 0 heterocycles. The van der Waals surface area contributed by atoms with Crippen molar-refractivity contribution in [2.24, 2.45) is 5.92 Å². The van der Waals surface area contributed by atoms with Gasteiger partial charge in [-0.1, -0.05) is 151 Å². The Morgan fingerprint density at radius 1 is 0.548 bits per heavy atom. The average molecular weight is 613 g/mol. The molecule has 0 nitrogen and oxygen atoms in total. The van der Waals surface area contributed by atoms with Crippen molar-refractivity contribution in [1.82, 2.24) is 0 Å². The lowest BCUT2D eigenvalue weighted by atomic mass is 9.93. The van der Waals surface area contributed by atoms with E-state index in [2.05, 4.69) is 87.2 Å². The van der Waals surface area contributed by atoms with E-state index in [1.54, 1.807) is 17.9 Å². The van der Waals surface area contributed by atoms with Gasteiger partial charge < -0.3 is 12.4 Å². The maximum absolute atomic E-state index is 4.14. The molecule has 0 N–H and O–H groups in total. The number of hydrogen-bond acceptors (Lipinski definition) is 0. The second-order valence-corrected chi connectivity index (χ2v) is 17.3. The van der Waals surface area contributed by atoms with Gasteiger partial charge in [0.15, 0.2) is 0 Å². The minimum Gasteiger partial charge on any atom is -1.00 e. The van der Waals surface area contributed by atoms with Gasteiger partial charge in [-0.2, -0.15) is 0 Å². The van der Waals surface area contributed by atoms with Crippen LogP contribution in [0, 0.1) is 5.92 Å². The molecule has 0 aliphatic heterocycles. The zero-order valence-electron chi connectivity index (χ0n) is 27.7. The molecule has 2 heteroatoms. The molecule has 0 fully saturated rings. The van der Waals surface area contributed by atoms with Crippen LogP contribution < -0.4 is 12.4 Å². The van der Waals surface area contributed by atoms with Gasteiger partial charge in [0.25, 0.3) is 0 Å². The van der Waals surface area contributed by atoms with Gasteiger partial charge in [0.1, 0.15) is 0 Å². The summed E-state index contributed by atoms with van der Waals surface area (Å²) in [4.78, 5) is 0. The van der Waals surface area contributed by atoms with Crippen LogP contribution in [-0.4, -0.2) is 18.5 Å². The summed E-state index contributed by atoms with van der Waals surface area (Å²) in [5.41, 5.74) is 3.07. The third kappa shape index (κ3) is 18.5. The Kier molecular flexibility index (Phi) is 24.4. The van der Waals surface area contributed by atoms with Gasteiger partial charge in [0.05, 0.1) is 24.6 Å². The topological polar surface area (TPSA) is 0 Å². The highest BCUT2D eigenvalue weighted by molar-refractivity contribution is 7.75. The lowest BCUT2D eigenvalue weighted by Gasteiger charge is -2.28. The summed E-state index contributed by atoms with van der Waals surface area (Å²) in [6.45, 7) is 8.81. The van der Waals surface area contributed by atoms with Crippen molar-refractivity contribution in [2.75, 3.05) is 18.5 Å². The first-order chi connectivity index (χ1) is 20.2. The molecule has 0 aromatic heterocycles. The van der Waals surface area contributed by atoms with Crippen molar-refractivity contribution < 1.29 is 12.4 Å². The molecular weight excluding hydrogens is 547 g/mol. The van der Waals surface area contributed by atoms with Gasteiger partial charge in [0.2, 0.25) is 0 Å². The van der Waals surface area contributed by atoms with Gasteiger partial charge in [-0.3, -0.25) is 0 Å². The number of allylic oxidation sites excluding steroid dienone is 1. The van der Waals surface area contributed by atoms with E-state index in [9.17, 15) is 0 Å². The van der Waals surface area contributed by atoms with E-state index in [1.165, 1.54) is 133 Å². The first kappa shape index (κ1) is 38.9. The quantitative estimate of drug-likeness (QED) is 0.0535. The van der Waals surface area contributed by atoms with E-state index in [0.717, 1.165) is 6.42 Å². The highest BCUT2D eigenvalue weighted by atomic mass is 35.5. The first-order valence-electron chi connectivity index (χ1n) is 17.8. The highest BCUT2D eigenvalue weighted by Crippen LogP contribution is 2.63. The molecule has 0 aliphatic rings. The van der Waals surface area contributed by atoms with Crippen LogP contribution in [0.25, 0.3) is 0 Å². The Morgan fingerprint density at radius 3 is 1.40 bits per heavy atom. The van der Waals surface area contributed by atoms with Crippen LogP contribution in [0.3, 0.4) is 0 Å². The molecule has 1 unspecified atom stereocenters. The Balaban J connectivity index is 0.00000882. The van der Waals surface area contributed by atoms with Crippen LogP contribution in [0.2, 0.25) is 0 Å². The van der Waals surface area contributed by atoms with Crippen LogP contribution in [0.15, 0.2) is 73.3 Å². The molecule has 0 saturated heterocycles. The lowest BCUT2D eigenvalue weighted by Crippen LogP contribution is -3.00. The van der Waals surface area contributed by atoms with E-state index < -0.39 is 7.26 Å². The summed E-state index contributed by atoms with van der Waals surface area (Å²) in [6.07, 6.45) is 34.9. The normalized spacial score (nSPS) is 12.1. The van der Waals surface area contributed by atoms with Crippen molar-refractivity contribution in [3.63, 3.8) is 0 Å². The molecule has 0 aliphatic carbocycles. The zero-order valence-corrected chi connectivity index (χ0v) is 29.4. The first-order valence-corrected chi connectivity index (χ1v) is 20.3. The van der Waals surface area contributed by atoms with Crippen molar-refractivity contribution >= 4 is 7.26 Å². The van der Waals surface area contributed by atoms with E-state index in [4.69, 9.17) is 0 Å². The van der Waals surface area contributed by atoms with Crippen molar-refractivity contribution in [3.8, 4) is 0 Å². The molecule has 238 valence electrons. The SMILES string of the molecule is C=CC(CCCCCCC[P+](CCCCCCCC)(CCCCCCCC)Cc1ccccc1)Cc1ccccc1.[Cl-]. The average Bonchev–Trinajstić information content (AvgIpc) is 3.00. The van der Waals surface area contributed by atoms with Crippen molar-refractivity contribution in [2.45, 2.75) is 142 Å². The fraction of sp³-hybridized carbons (Fsp3) is 0.650. The Morgan fingerprint density at radius 2 is 0.952 bits per heavy atom. The molecule has 0 bridgehead atoms. The van der Waals surface area contributed by atoms with Gasteiger partial charge in [-0.25, -0.2) is 0 Å². The van der Waals surface area contributed by atoms with E-state index in [0.29, 0.717) is 5.92 Å². The molecule has 0 amide bonds. The van der Waals surface area contributed by atoms with Crippen LogP contribution in [0.4, 0.5) is 0 Å². The number of rotatable bonds is 27. The highest BCUT2D eigenvalue weighted by Gasteiger charge is 2.35. The standard InChI is InChI=1S/C40H66P.ClH/c1-4-7-9-11-15-25-33-41(34-26-16-12-10-8-5-2,37-40-31-23-19-24-32-40)35-27-17-13-14-20-28-38(6-3)36-39-29-21-18-22-30-39;/h6,18-19,21-24,29-32,38H,3-5,7-17,20,25-28,33-37H2,1-2H3;1H/q+1;/p-1. The fourth-order valence-corrected chi connectivity index (χ4v) is 11.4. The fourth-order valence-electron chi connectivity index (χ4n) is 6.60. The molecule has 0 spiro atoms. The second kappa shape index (κ2) is 26.3. The van der Waals surface area contributed by atoms with Gasteiger partial charge in [0, 0.05) is 7.26 Å². The smallest absolute Gasteiger partial charge is 0.0842 e. The van der Waals surface area contributed by atoms with Crippen LogP contribution in [0.1, 0.15) is 141 Å². The summed E-state index contributed by atoms with van der Waals surface area (Å²) < 4.78 is 0. The number of halogens is 1. The van der Waals surface area contributed by atoms with Crippen molar-refractivity contribution in [3.05, 3.63) is 84.4 Å². The van der Waals surface area contributed by atoms with Crippen molar-refractivity contribution in [1.29, 1.82) is 0 Å². The van der Waals surface area contributed by atoms with Crippen LogP contribution >= 0.6 is 7.26 Å². The van der Waals surface area contributed by atoms with Gasteiger partial charge in [-0.15, -0.1) is 6.58 Å². The van der Waals surface area contributed by atoms with E-state index in [-0.39, 0.29) is 12.4 Å². The van der Waals surface area contributed by atoms with Gasteiger partial charge >= 0.3 is 0 Å². The minimum absolute atomic E-state index is 0. The Bertz CT molecular complexity index is 832. The number of hydrogen-bond donors (Lipinski definition) is 0. The van der Waals surface area contributed by atoms with Crippen LogP contribution in [-0.2, 0) is 12.6 Å². The third-order valence-electron chi connectivity index (χ3n) is 9.21. The predicted molar refractivity (Wildman–Crippen MR) is 190 cm³/mol. The Labute approximate surface area is 269 Å². The summed E-state index contributed by atoms with van der Waals surface area (Å²) in [6, 6.07) is 22.5. The summed E-state index contributed by atoms with van der Waals surface area (Å²) in [7, 11) is -0.958. The molecule has 1 atom stereocenters. The molecule has 2 rings (SSSR count). The van der Waals surface area contributed by atoms with Gasteiger partial charge in [-0.05, 0) is 68.4 Å². The largest absolute Gasteiger partial charge is 1.00 e. The molecule has 0 radical (unpaired) electrons. The lowest BCUT2D eigenvalue weighted by molar-refractivity contribution is -0.00000889. The zero-order chi connectivity index (χ0) is 29.3. The maximum atomic E-state index is 4.14. The molecule has 0 saturated carbocycles. The van der Waals surface area contributed by atoms with Crippen LogP contribution in [0.5, 0.6) is 0 Å². The monoisotopic (exact) mass is 612 g/mol. The maximum Gasteiger partial charge on any atom is 0.0842 e. The Hall–Kier alpha value is -1.10.